The first kappa shape index (κ1) is 26.1. The average Bonchev–Trinajstić information content (AvgIpc) is 3.12. The van der Waals surface area contributed by atoms with Crippen LogP contribution in [-0.4, -0.2) is 30.9 Å². The van der Waals surface area contributed by atoms with Gasteiger partial charge in [-0.3, -0.25) is 4.79 Å². The van der Waals surface area contributed by atoms with Gasteiger partial charge in [-0.25, -0.2) is 0 Å². The molecular weight excluding hydrogens is 388 g/mol. The molecule has 0 aliphatic heterocycles. The normalized spacial score (nSPS) is 30.9. The Morgan fingerprint density at radius 1 is 1.10 bits per heavy atom. The third-order valence-electron chi connectivity index (χ3n) is 9.67. The Bertz CT molecular complexity index is 546. The maximum atomic E-state index is 12.7. The standard InChI is InChI=1S/C26H50O3Si/c1-8-26(28,9-2)24(27)18-15-20(6)21-16-17-22-23(14-13-19-25(21,22)7)29-30(10-3,11-4)12-5/h20-23,28H,8-19H2,1-7H3/t20?,21?,22?,23?,25-/m1/s1. The Balaban J connectivity index is 2.06. The van der Waals surface area contributed by atoms with Crippen molar-refractivity contribution in [1.82, 2.24) is 0 Å². The number of hydrogen-bond acceptors (Lipinski definition) is 3. The van der Waals surface area contributed by atoms with Gasteiger partial charge in [0.25, 0.3) is 0 Å². The lowest BCUT2D eigenvalue weighted by atomic mass is 9.61. The largest absolute Gasteiger partial charge is 0.414 e. The number of Topliss-reactive ketones (excluding diaryl/α,β-unsaturated/α-hetero) is 1. The van der Waals surface area contributed by atoms with Crippen molar-refractivity contribution in [3.05, 3.63) is 0 Å². The Hall–Kier alpha value is -0.193. The first-order valence-corrected chi connectivity index (χ1v) is 15.6. The van der Waals surface area contributed by atoms with Gasteiger partial charge in [0.1, 0.15) is 5.60 Å². The molecular formula is C26H50O3Si. The summed E-state index contributed by atoms with van der Waals surface area (Å²) in [5.74, 6) is 1.95. The minimum absolute atomic E-state index is 0.0496. The molecule has 0 aromatic rings. The fraction of sp³-hybridized carbons (Fsp3) is 0.962. The van der Waals surface area contributed by atoms with Gasteiger partial charge in [-0.2, -0.15) is 0 Å². The number of fused-ring (bicyclic) bond motifs is 1. The summed E-state index contributed by atoms with van der Waals surface area (Å²) in [6.07, 6.45) is 9.36. The van der Waals surface area contributed by atoms with Crippen LogP contribution in [0.15, 0.2) is 0 Å². The van der Waals surface area contributed by atoms with Crippen LogP contribution in [0.1, 0.15) is 106 Å². The van der Waals surface area contributed by atoms with Crippen LogP contribution in [0, 0.1) is 23.2 Å². The Morgan fingerprint density at radius 2 is 1.70 bits per heavy atom. The molecule has 2 aliphatic rings. The second-order valence-electron chi connectivity index (χ2n) is 10.8. The maximum Gasteiger partial charge on any atom is 0.192 e. The van der Waals surface area contributed by atoms with Gasteiger partial charge in [-0.15, -0.1) is 0 Å². The summed E-state index contributed by atoms with van der Waals surface area (Å²) < 4.78 is 7.06. The fourth-order valence-electron chi connectivity index (χ4n) is 6.99. The minimum atomic E-state index is -1.58. The SMILES string of the molecule is CCC(O)(CC)C(=O)CCC(C)C1CCC2C(O[Si](CC)(CC)CC)CCC[C@]12C. The lowest BCUT2D eigenvalue weighted by Crippen LogP contribution is -2.48. The maximum absolute atomic E-state index is 12.7. The van der Waals surface area contributed by atoms with Crippen molar-refractivity contribution in [2.45, 2.75) is 136 Å². The van der Waals surface area contributed by atoms with Crippen LogP contribution in [0.4, 0.5) is 0 Å². The molecule has 0 amide bonds. The second-order valence-corrected chi connectivity index (χ2v) is 15.5. The predicted octanol–water partition coefficient (Wildman–Crippen LogP) is 7.13. The van der Waals surface area contributed by atoms with E-state index in [4.69, 9.17) is 4.43 Å². The van der Waals surface area contributed by atoms with Crippen LogP contribution in [0.2, 0.25) is 18.1 Å². The molecule has 4 unspecified atom stereocenters. The van der Waals surface area contributed by atoms with Crippen molar-refractivity contribution < 1.29 is 14.3 Å². The zero-order valence-corrected chi connectivity index (χ0v) is 22.1. The second kappa shape index (κ2) is 10.6. The van der Waals surface area contributed by atoms with Crippen LogP contribution in [-0.2, 0) is 9.22 Å². The van der Waals surface area contributed by atoms with Gasteiger partial charge in [0, 0.05) is 12.5 Å². The quantitative estimate of drug-likeness (QED) is 0.330. The molecule has 0 saturated heterocycles. The predicted molar refractivity (Wildman–Crippen MR) is 129 cm³/mol. The summed E-state index contributed by atoms with van der Waals surface area (Å²) >= 11 is 0. The van der Waals surface area contributed by atoms with Crippen molar-refractivity contribution in [2.75, 3.05) is 0 Å². The van der Waals surface area contributed by atoms with Crippen LogP contribution in [0.25, 0.3) is 0 Å². The average molecular weight is 439 g/mol. The molecule has 0 radical (unpaired) electrons. The summed E-state index contributed by atoms with van der Waals surface area (Å²) in [5, 5.41) is 10.6. The molecule has 0 aromatic carbocycles. The van der Waals surface area contributed by atoms with E-state index in [2.05, 4.69) is 34.6 Å². The number of ketones is 1. The smallest absolute Gasteiger partial charge is 0.192 e. The highest BCUT2D eigenvalue weighted by atomic mass is 28.4. The number of aliphatic hydroxyl groups is 1. The van der Waals surface area contributed by atoms with E-state index < -0.39 is 13.9 Å². The van der Waals surface area contributed by atoms with Crippen LogP contribution in [0.3, 0.4) is 0 Å². The molecule has 2 rings (SSSR count). The lowest BCUT2D eigenvalue weighted by Gasteiger charge is -2.49. The molecule has 0 heterocycles. The first-order chi connectivity index (χ1) is 14.1. The van der Waals surface area contributed by atoms with E-state index in [-0.39, 0.29) is 5.78 Å². The molecule has 2 aliphatic carbocycles. The number of rotatable bonds is 12. The van der Waals surface area contributed by atoms with Crippen molar-refractivity contribution >= 4 is 14.1 Å². The van der Waals surface area contributed by atoms with Crippen molar-refractivity contribution in [3.8, 4) is 0 Å². The van der Waals surface area contributed by atoms with Crippen molar-refractivity contribution in [3.63, 3.8) is 0 Å². The number of carbonyl (C=O) groups excluding carboxylic acids is 1. The van der Waals surface area contributed by atoms with E-state index >= 15 is 0 Å². The third kappa shape index (κ3) is 5.07. The summed E-state index contributed by atoms with van der Waals surface area (Å²) in [6.45, 7) is 15.7. The molecule has 176 valence electrons. The van der Waals surface area contributed by atoms with Crippen LogP contribution < -0.4 is 0 Å². The lowest BCUT2D eigenvalue weighted by molar-refractivity contribution is -0.138. The van der Waals surface area contributed by atoms with E-state index in [0.29, 0.717) is 48.5 Å². The van der Waals surface area contributed by atoms with E-state index in [1.165, 1.54) is 50.2 Å². The zero-order valence-electron chi connectivity index (χ0n) is 21.1. The van der Waals surface area contributed by atoms with Gasteiger partial charge in [-0.05, 0) is 86.2 Å². The Kier molecular flexibility index (Phi) is 9.22. The van der Waals surface area contributed by atoms with Crippen LogP contribution in [0.5, 0.6) is 0 Å². The Labute approximate surface area is 187 Å². The van der Waals surface area contributed by atoms with Gasteiger partial charge >= 0.3 is 0 Å². The number of carbonyl (C=O) groups is 1. The van der Waals surface area contributed by atoms with Crippen molar-refractivity contribution in [1.29, 1.82) is 0 Å². The molecule has 0 bridgehead atoms. The van der Waals surface area contributed by atoms with E-state index in [1.54, 1.807) is 0 Å². The molecule has 1 N–H and O–H groups in total. The topological polar surface area (TPSA) is 46.5 Å². The highest BCUT2D eigenvalue weighted by Gasteiger charge is 2.54. The van der Waals surface area contributed by atoms with Gasteiger partial charge in [0.2, 0.25) is 0 Å². The molecule has 0 spiro atoms. The summed E-state index contributed by atoms with van der Waals surface area (Å²) in [6, 6.07) is 3.71. The molecule has 2 fully saturated rings. The van der Waals surface area contributed by atoms with Gasteiger partial charge in [-0.1, -0.05) is 54.9 Å². The van der Waals surface area contributed by atoms with E-state index in [9.17, 15) is 9.90 Å². The molecule has 3 nitrogen and oxygen atoms in total. The summed E-state index contributed by atoms with van der Waals surface area (Å²) in [5.41, 5.74) is -0.757. The Morgan fingerprint density at radius 3 is 2.23 bits per heavy atom. The van der Waals surface area contributed by atoms with E-state index in [1.807, 2.05) is 13.8 Å². The molecule has 4 heteroatoms. The molecule has 30 heavy (non-hydrogen) atoms. The first-order valence-electron chi connectivity index (χ1n) is 13.1. The van der Waals surface area contributed by atoms with E-state index in [0.717, 1.165) is 6.42 Å². The van der Waals surface area contributed by atoms with Crippen molar-refractivity contribution in [2.24, 2.45) is 23.2 Å². The summed E-state index contributed by atoms with van der Waals surface area (Å²) in [4.78, 5) is 12.7. The highest BCUT2D eigenvalue weighted by molar-refractivity contribution is 6.73. The molecule has 0 aromatic heterocycles. The zero-order chi connectivity index (χ0) is 22.6. The highest BCUT2D eigenvalue weighted by Crippen LogP contribution is 2.59. The van der Waals surface area contributed by atoms with Gasteiger partial charge in [0.05, 0.1) is 0 Å². The fourth-order valence-corrected chi connectivity index (χ4v) is 9.92. The summed E-state index contributed by atoms with van der Waals surface area (Å²) in [7, 11) is -1.58. The monoisotopic (exact) mass is 438 g/mol. The van der Waals surface area contributed by atoms with Gasteiger partial charge < -0.3 is 9.53 Å². The third-order valence-corrected chi connectivity index (χ3v) is 14.3. The van der Waals surface area contributed by atoms with Gasteiger partial charge in [0.15, 0.2) is 14.1 Å². The molecule has 2 saturated carbocycles. The molecule has 5 atom stereocenters. The minimum Gasteiger partial charge on any atom is -0.414 e. The number of hydrogen-bond donors (Lipinski definition) is 1. The van der Waals surface area contributed by atoms with Crippen LogP contribution >= 0.6 is 0 Å².